The van der Waals surface area contributed by atoms with E-state index >= 15 is 0 Å². The number of rotatable bonds is 7. The number of hydrogen-bond acceptors (Lipinski definition) is 6. The van der Waals surface area contributed by atoms with Gasteiger partial charge in [-0.3, -0.25) is 14.5 Å². The summed E-state index contributed by atoms with van der Waals surface area (Å²) in [6.07, 6.45) is 0. The molecule has 2 aromatic carbocycles. The maximum Gasteiger partial charge on any atom is 0.295 e. The van der Waals surface area contributed by atoms with E-state index in [1.165, 1.54) is 0 Å². The molecule has 33 heavy (non-hydrogen) atoms. The van der Waals surface area contributed by atoms with E-state index in [2.05, 4.69) is 20.8 Å². The number of aliphatic hydroxyl groups excluding tert-OH is 1. The zero-order chi connectivity index (χ0) is 23.4. The van der Waals surface area contributed by atoms with Crippen LogP contribution in [0.1, 0.15) is 24.1 Å². The normalized spacial score (nSPS) is 20.9. The zero-order valence-corrected chi connectivity index (χ0v) is 20.1. The number of aliphatic hydroxyl groups is 1. The van der Waals surface area contributed by atoms with Gasteiger partial charge in [-0.1, -0.05) is 40.2 Å². The number of carbonyl (C=O) groups is 2. The number of benzene rings is 2. The lowest BCUT2D eigenvalue weighted by Gasteiger charge is -2.31. The molecule has 0 aromatic heterocycles. The third kappa shape index (κ3) is 5.13. The maximum absolute atomic E-state index is 13.2. The number of ether oxygens (including phenoxy) is 2. The molecule has 1 amide bonds. The Hall–Kier alpha value is -2.68. The van der Waals surface area contributed by atoms with Gasteiger partial charge < -0.3 is 19.5 Å². The predicted molar refractivity (Wildman–Crippen MR) is 128 cm³/mol. The minimum atomic E-state index is -0.681. The minimum absolute atomic E-state index is 0.0914. The Balaban J connectivity index is 1.74. The van der Waals surface area contributed by atoms with Gasteiger partial charge in [0.2, 0.25) is 0 Å². The standard InChI is InChI=1S/C25H27BrN2O5/c1-2-33-20-8-4-6-18(16-20)23(29)21-22(17-5-3-7-19(26)15-17)28(25(31)24(21)30)10-9-27-11-13-32-14-12-27/h3-8,15-16,22,29H,2,9-14H2,1H3. The van der Waals surface area contributed by atoms with Crippen LogP contribution < -0.4 is 4.74 Å². The van der Waals surface area contributed by atoms with Crippen molar-refractivity contribution < 1.29 is 24.2 Å². The Kier molecular flexibility index (Phi) is 7.47. The summed E-state index contributed by atoms with van der Waals surface area (Å²) in [4.78, 5) is 30.1. The van der Waals surface area contributed by atoms with Crippen LogP contribution in [-0.4, -0.2) is 72.6 Å². The highest BCUT2D eigenvalue weighted by Gasteiger charge is 2.46. The van der Waals surface area contributed by atoms with E-state index in [-0.39, 0.29) is 11.3 Å². The number of likely N-dealkylation sites (tertiary alicyclic amines) is 1. The lowest BCUT2D eigenvalue weighted by atomic mass is 9.95. The number of halogens is 1. The molecule has 2 fully saturated rings. The quantitative estimate of drug-likeness (QED) is 0.345. The van der Waals surface area contributed by atoms with Gasteiger partial charge in [0.25, 0.3) is 11.7 Å². The van der Waals surface area contributed by atoms with Crippen LogP contribution in [0.15, 0.2) is 58.6 Å². The highest BCUT2D eigenvalue weighted by Crippen LogP contribution is 2.40. The number of Topliss-reactive ketones (excluding diaryl/α,β-unsaturated/α-hetero) is 1. The number of amides is 1. The van der Waals surface area contributed by atoms with Crippen molar-refractivity contribution in [1.29, 1.82) is 0 Å². The van der Waals surface area contributed by atoms with Crippen molar-refractivity contribution in [3.8, 4) is 5.75 Å². The molecular formula is C25H27BrN2O5. The average Bonchev–Trinajstić information content (AvgIpc) is 3.08. The second-order valence-electron chi connectivity index (χ2n) is 7.96. The fraction of sp³-hybridized carbons (Fsp3) is 0.360. The second-order valence-corrected chi connectivity index (χ2v) is 8.88. The Morgan fingerprint density at radius 1 is 1.12 bits per heavy atom. The molecule has 1 unspecified atom stereocenters. The first kappa shape index (κ1) is 23.5. The van der Waals surface area contributed by atoms with Crippen molar-refractivity contribution in [2.45, 2.75) is 13.0 Å². The zero-order valence-electron chi connectivity index (χ0n) is 18.5. The summed E-state index contributed by atoms with van der Waals surface area (Å²) in [6, 6.07) is 13.7. The molecule has 7 nitrogen and oxygen atoms in total. The van der Waals surface area contributed by atoms with E-state index < -0.39 is 17.7 Å². The molecule has 0 radical (unpaired) electrons. The van der Waals surface area contributed by atoms with Gasteiger partial charge >= 0.3 is 0 Å². The molecule has 8 heteroatoms. The summed E-state index contributed by atoms with van der Waals surface area (Å²) < 4.78 is 11.8. The second kappa shape index (κ2) is 10.5. The first-order chi connectivity index (χ1) is 16.0. The number of nitrogens with zero attached hydrogens (tertiary/aromatic N) is 2. The SMILES string of the molecule is CCOc1cccc(C(O)=C2C(=O)C(=O)N(CCN3CCOCC3)C2c2cccc(Br)c2)c1. The molecule has 2 heterocycles. The van der Waals surface area contributed by atoms with Crippen LogP contribution >= 0.6 is 15.9 Å². The van der Waals surface area contributed by atoms with Crippen LogP contribution in [0.25, 0.3) is 5.76 Å². The monoisotopic (exact) mass is 514 g/mol. The maximum atomic E-state index is 13.2. The largest absolute Gasteiger partial charge is 0.507 e. The molecule has 2 saturated heterocycles. The van der Waals surface area contributed by atoms with E-state index in [1.807, 2.05) is 31.2 Å². The van der Waals surface area contributed by atoms with E-state index in [0.717, 1.165) is 23.1 Å². The van der Waals surface area contributed by atoms with Gasteiger partial charge in [-0.15, -0.1) is 0 Å². The van der Waals surface area contributed by atoms with Crippen molar-refractivity contribution in [2.24, 2.45) is 0 Å². The van der Waals surface area contributed by atoms with Gasteiger partial charge in [-0.25, -0.2) is 0 Å². The van der Waals surface area contributed by atoms with Crippen molar-refractivity contribution in [3.05, 3.63) is 69.7 Å². The average molecular weight is 515 g/mol. The summed E-state index contributed by atoms with van der Waals surface area (Å²) in [7, 11) is 0. The van der Waals surface area contributed by atoms with Crippen LogP contribution in [0, 0.1) is 0 Å². The Labute approximate surface area is 201 Å². The Bertz CT molecular complexity index is 1060. The van der Waals surface area contributed by atoms with Crippen LogP contribution in [0.5, 0.6) is 5.75 Å². The van der Waals surface area contributed by atoms with Gasteiger partial charge in [0.15, 0.2) is 0 Å². The Morgan fingerprint density at radius 3 is 2.61 bits per heavy atom. The summed E-state index contributed by atoms with van der Waals surface area (Å²) in [5.41, 5.74) is 1.29. The molecule has 1 N–H and O–H groups in total. The van der Waals surface area contributed by atoms with Gasteiger partial charge in [0, 0.05) is 36.2 Å². The summed E-state index contributed by atoms with van der Waals surface area (Å²) in [5.74, 6) is -0.895. The third-order valence-corrected chi connectivity index (χ3v) is 6.38. The highest BCUT2D eigenvalue weighted by atomic mass is 79.9. The topological polar surface area (TPSA) is 79.3 Å². The molecule has 174 valence electrons. The van der Waals surface area contributed by atoms with E-state index in [1.54, 1.807) is 29.2 Å². The van der Waals surface area contributed by atoms with Gasteiger partial charge in [0.05, 0.1) is 31.4 Å². The first-order valence-electron chi connectivity index (χ1n) is 11.1. The van der Waals surface area contributed by atoms with Crippen molar-refractivity contribution >= 4 is 33.4 Å². The molecule has 0 saturated carbocycles. The molecule has 2 aromatic rings. The minimum Gasteiger partial charge on any atom is -0.507 e. The van der Waals surface area contributed by atoms with Crippen LogP contribution in [0.2, 0.25) is 0 Å². The van der Waals surface area contributed by atoms with Crippen LogP contribution in [0.3, 0.4) is 0 Å². The smallest absolute Gasteiger partial charge is 0.295 e. The van der Waals surface area contributed by atoms with E-state index in [0.29, 0.717) is 44.2 Å². The van der Waals surface area contributed by atoms with Crippen LogP contribution in [0.4, 0.5) is 0 Å². The van der Waals surface area contributed by atoms with Gasteiger partial charge in [-0.2, -0.15) is 0 Å². The molecule has 2 aliphatic heterocycles. The van der Waals surface area contributed by atoms with Gasteiger partial charge in [0.1, 0.15) is 11.5 Å². The lowest BCUT2D eigenvalue weighted by molar-refractivity contribution is -0.140. The highest BCUT2D eigenvalue weighted by molar-refractivity contribution is 9.10. The summed E-state index contributed by atoms with van der Waals surface area (Å²) >= 11 is 3.48. The van der Waals surface area contributed by atoms with E-state index in [9.17, 15) is 14.7 Å². The van der Waals surface area contributed by atoms with Crippen molar-refractivity contribution in [2.75, 3.05) is 46.0 Å². The number of ketones is 1. The molecule has 1 atom stereocenters. The van der Waals surface area contributed by atoms with E-state index in [4.69, 9.17) is 9.47 Å². The molecular weight excluding hydrogens is 488 g/mol. The van der Waals surface area contributed by atoms with Gasteiger partial charge in [-0.05, 0) is 36.8 Å². The predicted octanol–water partition coefficient (Wildman–Crippen LogP) is 3.60. The summed E-state index contributed by atoms with van der Waals surface area (Å²) in [5, 5.41) is 11.2. The molecule has 4 rings (SSSR count). The Morgan fingerprint density at radius 2 is 1.88 bits per heavy atom. The van der Waals surface area contributed by atoms with Crippen LogP contribution in [-0.2, 0) is 14.3 Å². The fourth-order valence-electron chi connectivity index (χ4n) is 4.26. The molecule has 2 aliphatic rings. The molecule has 0 aliphatic carbocycles. The fourth-order valence-corrected chi connectivity index (χ4v) is 4.68. The number of morpholine rings is 1. The lowest BCUT2D eigenvalue weighted by Crippen LogP contribution is -2.42. The third-order valence-electron chi connectivity index (χ3n) is 5.88. The van der Waals surface area contributed by atoms with Crippen molar-refractivity contribution in [1.82, 2.24) is 9.80 Å². The summed E-state index contributed by atoms with van der Waals surface area (Å²) in [6.45, 7) is 6.24. The first-order valence-corrected chi connectivity index (χ1v) is 11.9. The number of hydrogen-bond donors (Lipinski definition) is 1. The number of carbonyl (C=O) groups excluding carboxylic acids is 2. The molecule has 0 bridgehead atoms. The van der Waals surface area contributed by atoms with Crippen molar-refractivity contribution in [3.63, 3.8) is 0 Å². The molecule has 0 spiro atoms.